The number of hydrazine groups is 1. The van der Waals surface area contributed by atoms with E-state index in [0.717, 1.165) is 19.5 Å². The molecule has 1 aliphatic heterocycles. The van der Waals surface area contributed by atoms with E-state index in [1.54, 1.807) is 5.01 Å². The highest BCUT2D eigenvalue weighted by molar-refractivity contribution is 4.73. The standard InChI is InChI=1S/C6H14N2O/c1-5-4-8(7)3-2-6(5)9/h5-6,9H,2-4,7H2,1H3. The van der Waals surface area contributed by atoms with E-state index in [4.69, 9.17) is 5.84 Å². The van der Waals surface area contributed by atoms with Crippen LogP contribution in [0.15, 0.2) is 0 Å². The molecule has 1 saturated heterocycles. The van der Waals surface area contributed by atoms with E-state index in [2.05, 4.69) is 0 Å². The van der Waals surface area contributed by atoms with Crippen molar-refractivity contribution in [3.63, 3.8) is 0 Å². The third kappa shape index (κ3) is 1.64. The SMILES string of the molecule is CC1CN(N)CCC1O. The highest BCUT2D eigenvalue weighted by Gasteiger charge is 2.21. The fourth-order valence-corrected chi connectivity index (χ4v) is 1.17. The van der Waals surface area contributed by atoms with E-state index < -0.39 is 0 Å². The molecule has 0 saturated carbocycles. The maximum absolute atomic E-state index is 9.21. The number of nitrogens with zero attached hydrogens (tertiary/aromatic N) is 1. The maximum Gasteiger partial charge on any atom is 0.0591 e. The number of hydrogen-bond acceptors (Lipinski definition) is 3. The minimum atomic E-state index is -0.134. The summed E-state index contributed by atoms with van der Waals surface area (Å²) in [5, 5.41) is 11.0. The van der Waals surface area contributed by atoms with Gasteiger partial charge in [0.15, 0.2) is 0 Å². The van der Waals surface area contributed by atoms with E-state index >= 15 is 0 Å². The van der Waals surface area contributed by atoms with Crippen molar-refractivity contribution >= 4 is 0 Å². The molecule has 0 spiro atoms. The van der Waals surface area contributed by atoms with Crippen LogP contribution in [-0.4, -0.2) is 29.3 Å². The summed E-state index contributed by atoms with van der Waals surface area (Å²) in [5.41, 5.74) is 0. The first-order valence-corrected chi connectivity index (χ1v) is 3.38. The molecule has 0 bridgehead atoms. The molecule has 3 N–H and O–H groups in total. The highest BCUT2D eigenvalue weighted by Crippen LogP contribution is 2.12. The third-order valence-electron chi connectivity index (χ3n) is 1.89. The number of hydrogen-bond donors (Lipinski definition) is 2. The van der Waals surface area contributed by atoms with Gasteiger partial charge in [-0.25, -0.2) is 5.01 Å². The van der Waals surface area contributed by atoms with Crippen molar-refractivity contribution in [1.29, 1.82) is 0 Å². The lowest BCUT2D eigenvalue weighted by Crippen LogP contribution is -2.45. The van der Waals surface area contributed by atoms with E-state index in [1.165, 1.54) is 0 Å². The largest absolute Gasteiger partial charge is 0.393 e. The van der Waals surface area contributed by atoms with Crippen LogP contribution < -0.4 is 5.84 Å². The summed E-state index contributed by atoms with van der Waals surface area (Å²) in [7, 11) is 0. The van der Waals surface area contributed by atoms with Gasteiger partial charge < -0.3 is 5.11 Å². The zero-order valence-corrected chi connectivity index (χ0v) is 5.75. The molecule has 1 aliphatic rings. The Hall–Kier alpha value is -0.120. The Balaban J connectivity index is 2.35. The second kappa shape index (κ2) is 2.64. The molecule has 1 rings (SSSR count). The first-order chi connectivity index (χ1) is 4.20. The highest BCUT2D eigenvalue weighted by atomic mass is 16.3. The summed E-state index contributed by atoms with van der Waals surface area (Å²) in [6.07, 6.45) is 0.683. The van der Waals surface area contributed by atoms with Gasteiger partial charge in [-0.05, 0) is 12.3 Å². The van der Waals surface area contributed by atoms with Crippen molar-refractivity contribution in [2.24, 2.45) is 11.8 Å². The number of piperidine rings is 1. The van der Waals surface area contributed by atoms with Crippen LogP contribution in [0.4, 0.5) is 0 Å². The molecule has 0 aromatic heterocycles. The van der Waals surface area contributed by atoms with Gasteiger partial charge >= 0.3 is 0 Å². The fraction of sp³-hybridized carbons (Fsp3) is 1.00. The quantitative estimate of drug-likeness (QED) is 0.437. The molecule has 0 radical (unpaired) electrons. The van der Waals surface area contributed by atoms with Gasteiger partial charge in [-0.15, -0.1) is 0 Å². The Labute approximate surface area is 55.4 Å². The number of aliphatic hydroxyl groups is 1. The van der Waals surface area contributed by atoms with Crippen LogP contribution in [0.5, 0.6) is 0 Å². The van der Waals surface area contributed by atoms with Gasteiger partial charge in [0.05, 0.1) is 6.10 Å². The number of rotatable bonds is 0. The summed E-state index contributed by atoms with van der Waals surface area (Å²) >= 11 is 0. The van der Waals surface area contributed by atoms with E-state index in [9.17, 15) is 5.11 Å². The molecule has 3 nitrogen and oxygen atoms in total. The van der Waals surface area contributed by atoms with Gasteiger partial charge in [0, 0.05) is 13.1 Å². The Morgan fingerprint density at radius 2 is 2.33 bits per heavy atom. The van der Waals surface area contributed by atoms with Crippen molar-refractivity contribution in [2.45, 2.75) is 19.4 Å². The van der Waals surface area contributed by atoms with Crippen LogP contribution in [0.1, 0.15) is 13.3 Å². The summed E-state index contributed by atoms with van der Waals surface area (Å²) in [6.45, 7) is 3.66. The summed E-state index contributed by atoms with van der Waals surface area (Å²) in [4.78, 5) is 0. The minimum Gasteiger partial charge on any atom is -0.393 e. The molecule has 0 aromatic carbocycles. The molecule has 3 heteroatoms. The lowest BCUT2D eigenvalue weighted by atomic mass is 9.98. The second-order valence-corrected chi connectivity index (χ2v) is 2.83. The van der Waals surface area contributed by atoms with Gasteiger partial charge in [0.25, 0.3) is 0 Å². The lowest BCUT2D eigenvalue weighted by Gasteiger charge is -2.30. The Kier molecular flexibility index (Phi) is 2.05. The molecule has 1 heterocycles. The van der Waals surface area contributed by atoms with E-state index in [0.29, 0.717) is 5.92 Å². The van der Waals surface area contributed by atoms with Crippen molar-refractivity contribution in [1.82, 2.24) is 5.01 Å². The topological polar surface area (TPSA) is 49.5 Å². The molecule has 0 aliphatic carbocycles. The molecule has 0 amide bonds. The van der Waals surface area contributed by atoms with Crippen molar-refractivity contribution in [3.8, 4) is 0 Å². The van der Waals surface area contributed by atoms with Crippen LogP contribution in [0, 0.1) is 5.92 Å². The summed E-state index contributed by atoms with van der Waals surface area (Å²) in [6, 6.07) is 0. The van der Waals surface area contributed by atoms with Gasteiger partial charge in [-0.3, -0.25) is 5.84 Å². The Bertz CT molecular complexity index is 97.1. The van der Waals surface area contributed by atoms with Crippen LogP contribution in [-0.2, 0) is 0 Å². The Morgan fingerprint density at radius 1 is 1.67 bits per heavy atom. The van der Waals surface area contributed by atoms with Gasteiger partial charge in [0.1, 0.15) is 0 Å². The average molecular weight is 130 g/mol. The molecular formula is C6H14N2O. The molecule has 2 atom stereocenters. The maximum atomic E-state index is 9.21. The smallest absolute Gasteiger partial charge is 0.0591 e. The lowest BCUT2D eigenvalue weighted by molar-refractivity contribution is 0.0350. The van der Waals surface area contributed by atoms with E-state index in [-0.39, 0.29) is 6.10 Å². The second-order valence-electron chi connectivity index (χ2n) is 2.83. The van der Waals surface area contributed by atoms with Crippen molar-refractivity contribution < 1.29 is 5.11 Å². The zero-order chi connectivity index (χ0) is 6.85. The summed E-state index contributed by atoms with van der Waals surface area (Å²) < 4.78 is 0. The van der Waals surface area contributed by atoms with Crippen LogP contribution in [0.25, 0.3) is 0 Å². The van der Waals surface area contributed by atoms with Crippen LogP contribution >= 0.6 is 0 Å². The van der Waals surface area contributed by atoms with Gasteiger partial charge in [-0.1, -0.05) is 6.92 Å². The predicted molar refractivity (Wildman–Crippen MR) is 35.5 cm³/mol. The van der Waals surface area contributed by atoms with E-state index in [1.807, 2.05) is 6.92 Å². The van der Waals surface area contributed by atoms with Crippen molar-refractivity contribution in [3.05, 3.63) is 0 Å². The first-order valence-electron chi connectivity index (χ1n) is 3.38. The van der Waals surface area contributed by atoms with Crippen LogP contribution in [0.2, 0.25) is 0 Å². The average Bonchev–Trinajstić information content (AvgIpc) is 1.80. The predicted octanol–water partition coefficient (Wildman–Crippen LogP) is -0.437. The molecular weight excluding hydrogens is 116 g/mol. The van der Waals surface area contributed by atoms with Gasteiger partial charge in [-0.2, -0.15) is 0 Å². The molecule has 54 valence electrons. The number of aliphatic hydroxyl groups excluding tert-OH is 1. The zero-order valence-electron chi connectivity index (χ0n) is 5.75. The minimum absolute atomic E-state index is 0.134. The fourth-order valence-electron chi connectivity index (χ4n) is 1.17. The molecule has 1 fully saturated rings. The van der Waals surface area contributed by atoms with Gasteiger partial charge in [0.2, 0.25) is 0 Å². The van der Waals surface area contributed by atoms with Crippen molar-refractivity contribution in [2.75, 3.05) is 13.1 Å². The summed E-state index contributed by atoms with van der Waals surface area (Å²) in [5.74, 6) is 5.85. The molecule has 0 aromatic rings. The Morgan fingerprint density at radius 3 is 2.78 bits per heavy atom. The first kappa shape index (κ1) is 6.99. The third-order valence-corrected chi connectivity index (χ3v) is 1.89. The number of nitrogens with two attached hydrogens (primary N) is 1. The monoisotopic (exact) mass is 130 g/mol. The van der Waals surface area contributed by atoms with Crippen LogP contribution in [0.3, 0.4) is 0 Å². The molecule has 2 unspecified atom stereocenters. The normalized spacial score (nSPS) is 39.0. The molecule has 9 heavy (non-hydrogen) atoms.